The summed E-state index contributed by atoms with van der Waals surface area (Å²) < 4.78 is 63.3. The van der Waals surface area contributed by atoms with Crippen molar-refractivity contribution in [3.8, 4) is 11.5 Å². The minimum atomic E-state index is -4.27. The standard InChI is InChI=1S/C19H20F2N4O3S/c1-4-25-10(2)16(19-22-18(23-28-19)12-5-6-12)17(11(25)3)29(26,27)24-15-9-13(20)7-8-14(15)21/h7-9,12,24H,4-6H2,1-3H3. The third-order valence-corrected chi connectivity index (χ3v) is 6.61. The number of halogens is 2. The molecule has 2 aromatic heterocycles. The van der Waals surface area contributed by atoms with Crippen LogP contribution in [0.4, 0.5) is 14.5 Å². The minimum absolute atomic E-state index is 0.0912. The van der Waals surface area contributed by atoms with Gasteiger partial charge in [0, 0.05) is 29.9 Å². The number of benzene rings is 1. The monoisotopic (exact) mass is 422 g/mol. The molecule has 4 rings (SSSR count). The van der Waals surface area contributed by atoms with Gasteiger partial charge in [-0.05, 0) is 45.7 Å². The molecule has 1 aliphatic carbocycles. The SMILES string of the molecule is CCn1c(C)c(-c2nc(C3CC3)no2)c(S(=O)(=O)Nc2cc(F)ccc2F)c1C. The number of anilines is 1. The van der Waals surface area contributed by atoms with Crippen LogP contribution in [0.25, 0.3) is 11.5 Å². The molecular weight excluding hydrogens is 402 g/mol. The molecule has 7 nitrogen and oxygen atoms in total. The zero-order chi connectivity index (χ0) is 20.9. The summed E-state index contributed by atoms with van der Waals surface area (Å²) in [7, 11) is -4.27. The Balaban J connectivity index is 1.86. The zero-order valence-corrected chi connectivity index (χ0v) is 17.0. The van der Waals surface area contributed by atoms with Crippen molar-refractivity contribution in [3.05, 3.63) is 47.0 Å². The van der Waals surface area contributed by atoms with Crippen LogP contribution in [0, 0.1) is 25.5 Å². The Kier molecular flexibility index (Phi) is 4.68. The number of sulfonamides is 1. The lowest BCUT2D eigenvalue weighted by Crippen LogP contribution is -2.16. The van der Waals surface area contributed by atoms with Crippen molar-refractivity contribution in [1.29, 1.82) is 0 Å². The Morgan fingerprint density at radius 3 is 2.62 bits per heavy atom. The first kappa shape index (κ1) is 19.6. The summed E-state index contributed by atoms with van der Waals surface area (Å²) in [6.45, 7) is 5.80. The van der Waals surface area contributed by atoms with E-state index in [0.29, 0.717) is 23.8 Å². The fourth-order valence-electron chi connectivity index (χ4n) is 3.52. The number of hydrogen-bond donors (Lipinski definition) is 1. The zero-order valence-electron chi connectivity index (χ0n) is 16.2. The normalized spacial score (nSPS) is 14.4. The Morgan fingerprint density at radius 2 is 1.97 bits per heavy atom. The smallest absolute Gasteiger partial charge is 0.264 e. The van der Waals surface area contributed by atoms with Gasteiger partial charge in [0.15, 0.2) is 5.82 Å². The Morgan fingerprint density at radius 1 is 1.24 bits per heavy atom. The van der Waals surface area contributed by atoms with Crippen LogP contribution in [0.5, 0.6) is 0 Å². The van der Waals surface area contributed by atoms with Crippen LogP contribution < -0.4 is 4.72 Å². The van der Waals surface area contributed by atoms with Gasteiger partial charge in [-0.2, -0.15) is 4.98 Å². The average molecular weight is 422 g/mol. The molecular formula is C19H20F2N4O3S. The second-order valence-electron chi connectivity index (χ2n) is 7.08. The molecule has 0 radical (unpaired) electrons. The summed E-state index contributed by atoms with van der Waals surface area (Å²) >= 11 is 0. The summed E-state index contributed by atoms with van der Waals surface area (Å²) in [5, 5.41) is 3.97. The van der Waals surface area contributed by atoms with E-state index in [1.165, 1.54) is 0 Å². The van der Waals surface area contributed by atoms with Crippen LogP contribution in [0.15, 0.2) is 27.6 Å². The van der Waals surface area contributed by atoms with Gasteiger partial charge in [-0.3, -0.25) is 4.72 Å². The van der Waals surface area contributed by atoms with Crippen molar-refractivity contribution >= 4 is 15.7 Å². The molecule has 0 amide bonds. The maximum Gasteiger partial charge on any atom is 0.264 e. The van der Waals surface area contributed by atoms with E-state index in [1.54, 1.807) is 18.4 Å². The van der Waals surface area contributed by atoms with E-state index in [4.69, 9.17) is 4.52 Å². The van der Waals surface area contributed by atoms with Crippen LogP contribution in [-0.4, -0.2) is 23.1 Å². The maximum absolute atomic E-state index is 14.0. The van der Waals surface area contributed by atoms with E-state index in [-0.39, 0.29) is 22.3 Å². The molecule has 1 saturated carbocycles. The fourth-order valence-corrected chi connectivity index (χ4v) is 5.08. The lowest BCUT2D eigenvalue weighted by atomic mass is 10.2. The van der Waals surface area contributed by atoms with Crippen molar-refractivity contribution in [2.45, 2.75) is 51.0 Å². The van der Waals surface area contributed by atoms with Crippen LogP contribution in [-0.2, 0) is 16.6 Å². The molecule has 0 unspecified atom stereocenters. The summed E-state index contributed by atoms with van der Waals surface area (Å²) in [6.07, 6.45) is 1.94. The molecule has 0 bridgehead atoms. The molecule has 1 fully saturated rings. The second-order valence-corrected chi connectivity index (χ2v) is 8.70. The van der Waals surface area contributed by atoms with Gasteiger partial charge in [0.25, 0.3) is 15.9 Å². The van der Waals surface area contributed by atoms with Gasteiger partial charge in [0.2, 0.25) is 0 Å². The molecule has 1 aliphatic rings. The van der Waals surface area contributed by atoms with Gasteiger partial charge in [0.05, 0.1) is 11.3 Å². The molecule has 0 spiro atoms. The van der Waals surface area contributed by atoms with E-state index in [1.807, 2.05) is 6.92 Å². The van der Waals surface area contributed by atoms with E-state index >= 15 is 0 Å². The Hall–Kier alpha value is -2.75. The van der Waals surface area contributed by atoms with Crippen LogP contribution >= 0.6 is 0 Å². The Bertz CT molecular complexity index is 1200. The largest absolute Gasteiger partial charge is 0.347 e. The highest BCUT2D eigenvalue weighted by atomic mass is 32.2. The summed E-state index contributed by atoms with van der Waals surface area (Å²) in [6, 6.07) is 2.58. The first-order chi connectivity index (χ1) is 13.7. The molecule has 1 aromatic carbocycles. The number of rotatable bonds is 6. The summed E-state index contributed by atoms with van der Waals surface area (Å²) in [4.78, 5) is 4.30. The first-order valence-electron chi connectivity index (χ1n) is 9.24. The predicted molar refractivity (Wildman–Crippen MR) is 102 cm³/mol. The molecule has 29 heavy (non-hydrogen) atoms. The third-order valence-electron chi connectivity index (χ3n) is 5.08. The molecule has 0 aliphatic heterocycles. The highest BCUT2D eigenvalue weighted by molar-refractivity contribution is 7.93. The fraction of sp³-hybridized carbons (Fsp3) is 0.368. The number of aromatic nitrogens is 3. The van der Waals surface area contributed by atoms with Gasteiger partial charge in [0.1, 0.15) is 16.5 Å². The summed E-state index contributed by atoms with van der Waals surface area (Å²) in [5.41, 5.74) is 0.876. The number of nitrogens with one attached hydrogen (secondary N) is 1. The lowest BCUT2D eigenvalue weighted by molar-refractivity contribution is 0.421. The second kappa shape index (κ2) is 6.94. The Labute approximate surface area is 166 Å². The quantitative estimate of drug-likeness (QED) is 0.645. The number of nitrogens with zero attached hydrogens (tertiary/aromatic N) is 3. The van der Waals surface area contributed by atoms with E-state index in [9.17, 15) is 17.2 Å². The molecule has 10 heteroatoms. The van der Waals surface area contributed by atoms with Crippen molar-refractivity contribution < 1.29 is 21.7 Å². The van der Waals surface area contributed by atoms with E-state index in [0.717, 1.165) is 31.0 Å². The summed E-state index contributed by atoms with van der Waals surface area (Å²) in [5.74, 6) is -0.751. The van der Waals surface area contributed by atoms with E-state index in [2.05, 4.69) is 14.9 Å². The maximum atomic E-state index is 14.0. The van der Waals surface area contributed by atoms with Gasteiger partial charge < -0.3 is 9.09 Å². The molecule has 1 N–H and O–H groups in total. The topological polar surface area (TPSA) is 90.0 Å². The van der Waals surface area contributed by atoms with Gasteiger partial charge in [-0.15, -0.1) is 0 Å². The van der Waals surface area contributed by atoms with Crippen LogP contribution in [0.1, 0.15) is 42.9 Å². The van der Waals surface area contributed by atoms with Crippen LogP contribution in [0.2, 0.25) is 0 Å². The van der Waals surface area contributed by atoms with Crippen molar-refractivity contribution in [2.24, 2.45) is 0 Å². The molecule has 3 aromatic rings. The highest BCUT2D eigenvalue weighted by Gasteiger charge is 2.34. The van der Waals surface area contributed by atoms with E-state index < -0.39 is 27.3 Å². The first-order valence-corrected chi connectivity index (χ1v) is 10.7. The van der Waals surface area contributed by atoms with Crippen LogP contribution in [0.3, 0.4) is 0 Å². The highest BCUT2D eigenvalue weighted by Crippen LogP contribution is 2.41. The van der Waals surface area contributed by atoms with Gasteiger partial charge in [-0.1, -0.05) is 5.16 Å². The van der Waals surface area contributed by atoms with Crippen molar-refractivity contribution in [2.75, 3.05) is 4.72 Å². The van der Waals surface area contributed by atoms with Crippen molar-refractivity contribution in [1.82, 2.24) is 14.7 Å². The predicted octanol–water partition coefficient (Wildman–Crippen LogP) is 4.13. The molecule has 154 valence electrons. The molecule has 0 saturated heterocycles. The minimum Gasteiger partial charge on any atom is -0.347 e. The molecule has 2 heterocycles. The third kappa shape index (κ3) is 3.41. The van der Waals surface area contributed by atoms with Crippen molar-refractivity contribution in [3.63, 3.8) is 0 Å². The number of hydrogen-bond acceptors (Lipinski definition) is 5. The lowest BCUT2D eigenvalue weighted by Gasteiger charge is -2.10. The molecule has 0 atom stereocenters. The van der Waals surface area contributed by atoms with Gasteiger partial charge in [-0.25, -0.2) is 17.2 Å². The van der Waals surface area contributed by atoms with Gasteiger partial charge >= 0.3 is 0 Å². The average Bonchev–Trinajstić information content (AvgIpc) is 3.33.